The van der Waals surface area contributed by atoms with Crippen molar-refractivity contribution < 1.29 is 13.7 Å². The Balaban J connectivity index is 1.75. The van der Waals surface area contributed by atoms with Crippen LogP contribution >= 0.6 is 63.7 Å². The Morgan fingerprint density at radius 1 is 1.07 bits per heavy atom. The molecule has 0 saturated carbocycles. The van der Waals surface area contributed by atoms with E-state index in [1.165, 1.54) is 0 Å². The number of allylic oxidation sites excluding steroid dienone is 2. The molecule has 0 spiro atoms. The molecule has 0 atom stereocenters. The van der Waals surface area contributed by atoms with E-state index >= 15 is 0 Å². The van der Waals surface area contributed by atoms with E-state index in [9.17, 15) is 0 Å². The first kappa shape index (κ1) is 21.2. The Hall–Kier alpha value is -1.09. The zero-order valence-electron chi connectivity index (χ0n) is 15.9. The molecule has 0 fully saturated rings. The van der Waals surface area contributed by atoms with Crippen LogP contribution in [0.2, 0.25) is 0 Å². The molecule has 8 heteroatoms. The molecule has 4 nitrogen and oxygen atoms in total. The first-order chi connectivity index (χ1) is 13.8. The lowest BCUT2D eigenvalue weighted by molar-refractivity contribution is -0.652. The summed E-state index contributed by atoms with van der Waals surface area (Å²) in [5.74, 6) is 2.37. The van der Waals surface area contributed by atoms with Crippen LogP contribution in [0.4, 0.5) is 5.69 Å². The number of anilines is 1. The zero-order chi connectivity index (χ0) is 20.9. The highest BCUT2D eigenvalue weighted by atomic mass is 79.9. The fourth-order valence-electron chi connectivity index (χ4n) is 3.19. The standard InChI is InChI=1S/C21H17Br4N2O2/c1-4-11(5-18-26(2)16-9-12(22)7-14(24)20(16)28-18)6-19-27(3)17-10-13(23)8-15(25)21(17)29-19/h5-10H,4H2,1-3H3/q+1. The Morgan fingerprint density at radius 3 is 2.48 bits per heavy atom. The van der Waals surface area contributed by atoms with E-state index in [0.717, 1.165) is 64.2 Å². The summed E-state index contributed by atoms with van der Waals surface area (Å²) in [6.07, 6.45) is 4.95. The highest BCUT2D eigenvalue weighted by molar-refractivity contribution is 9.11. The van der Waals surface area contributed by atoms with Gasteiger partial charge in [0.1, 0.15) is 7.05 Å². The Kier molecular flexibility index (Phi) is 5.99. The molecule has 0 unspecified atom stereocenters. The van der Waals surface area contributed by atoms with Gasteiger partial charge in [-0.2, -0.15) is 4.57 Å². The summed E-state index contributed by atoms with van der Waals surface area (Å²) < 4.78 is 18.1. The summed E-state index contributed by atoms with van der Waals surface area (Å²) in [6.45, 7) is 2.12. The van der Waals surface area contributed by atoms with Gasteiger partial charge < -0.3 is 14.1 Å². The lowest BCUT2D eigenvalue weighted by atomic mass is 10.2. The van der Waals surface area contributed by atoms with Gasteiger partial charge in [0.2, 0.25) is 11.5 Å². The molecule has 2 heterocycles. The van der Waals surface area contributed by atoms with Crippen molar-refractivity contribution in [2.24, 2.45) is 7.05 Å². The normalized spacial score (nSPS) is 15.3. The smallest absolute Gasteiger partial charge is 0.374 e. The fraction of sp³-hybridized carbons (Fsp3) is 0.190. The fourth-order valence-corrected chi connectivity index (χ4v) is 5.76. The maximum atomic E-state index is 6.13. The van der Waals surface area contributed by atoms with Gasteiger partial charge in [0.05, 0.1) is 20.7 Å². The molecule has 0 saturated heterocycles. The molecule has 0 amide bonds. The second-order valence-electron chi connectivity index (χ2n) is 6.69. The highest BCUT2D eigenvalue weighted by Crippen LogP contribution is 2.45. The minimum absolute atomic E-state index is 0.773. The third-order valence-electron chi connectivity index (χ3n) is 4.80. The molecular weight excluding hydrogens is 632 g/mol. The lowest BCUT2D eigenvalue weighted by Crippen LogP contribution is -2.29. The number of aromatic nitrogens is 1. The molecule has 0 N–H and O–H groups in total. The number of hydrogen-bond acceptors (Lipinski definition) is 3. The third kappa shape index (κ3) is 3.96. The number of rotatable bonds is 3. The van der Waals surface area contributed by atoms with Gasteiger partial charge in [0, 0.05) is 28.1 Å². The second kappa shape index (κ2) is 8.21. The van der Waals surface area contributed by atoms with Crippen molar-refractivity contribution >= 4 is 86.6 Å². The van der Waals surface area contributed by atoms with Crippen LogP contribution in [0, 0.1) is 0 Å². The molecule has 2 aromatic carbocycles. The molecule has 0 radical (unpaired) electrons. The monoisotopic (exact) mass is 645 g/mol. The number of fused-ring (bicyclic) bond motifs is 2. The van der Waals surface area contributed by atoms with Crippen molar-refractivity contribution in [2.75, 3.05) is 11.9 Å². The number of halogens is 4. The average molecular weight is 649 g/mol. The van der Waals surface area contributed by atoms with E-state index in [4.69, 9.17) is 9.15 Å². The zero-order valence-corrected chi connectivity index (χ0v) is 22.2. The minimum atomic E-state index is 0.773. The van der Waals surface area contributed by atoms with E-state index in [1.54, 1.807) is 0 Å². The van der Waals surface area contributed by atoms with Gasteiger partial charge in [-0.1, -0.05) is 38.8 Å². The minimum Gasteiger partial charge on any atom is -0.437 e. The van der Waals surface area contributed by atoms with Crippen molar-refractivity contribution in [3.8, 4) is 5.75 Å². The summed E-state index contributed by atoms with van der Waals surface area (Å²) in [6, 6.07) is 8.06. The van der Waals surface area contributed by atoms with Crippen LogP contribution in [-0.2, 0) is 7.05 Å². The predicted octanol–water partition coefficient (Wildman–Crippen LogP) is 7.47. The molecule has 1 aromatic heterocycles. The van der Waals surface area contributed by atoms with Crippen LogP contribution in [0.1, 0.15) is 19.2 Å². The molecule has 1 aliphatic rings. The molecule has 0 bridgehead atoms. The van der Waals surface area contributed by atoms with Crippen LogP contribution in [0.5, 0.6) is 5.75 Å². The van der Waals surface area contributed by atoms with Crippen LogP contribution in [-0.4, -0.2) is 7.05 Å². The summed E-state index contributed by atoms with van der Waals surface area (Å²) in [7, 11) is 4.00. The highest BCUT2D eigenvalue weighted by Gasteiger charge is 2.26. The molecule has 150 valence electrons. The van der Waals surface area contributed by atoms with Gasteiger partial charge in [-0.3, -0.25) is 0 Å². The van der Waals surface area contributed by atoms with Crippen LogP contribution < -0.4 is 14.2 Å². The maximum absolute atomic E-state index is 6.13. The molecule has 3 aromatic rings. The van der Waals surface area contributed by atoms with Gasteiger partial charge in [0.15, 0.2) is 5.75 Å². The molecule has 29 heavy (non-hydrogen) atoms. The molecule has 0 aliphatic carbocycles. The predicted molar refractivity (Wildman–Crippen MR) is 130 cm³/mol. The third-order valence-corrected chi connectivity index (χ3v) is 6.89. The summed E-state index contributed by atoms with van der Waals surface area (Å²) in [5, 5.41) is 0. The van der Waals surface area contributed by atoms with E-state index < -0.39 is 0 Å². The topological polar surface area (TPSA) is 29.5 Å². The van der Waals surface area contributed by atoms with Gasteiger partial charge in [-0.15, -0.1) is 0 Å². The number of benzene rings is 2. The number of aryl methyl sites for hydroxylation is 1. The average Bonchev–Trinajstić information content (AvgIpc) is 3.14. The summed E-state index contributed by atoms with van der Waals surface area (Å²) in [4.78, 5) is 2.04. The van der Waals surface area contributed by atoms with Crippen molar-refractivity contribution in [1.82, 2.24) is 0 Å². The van der Waals surface area contributed by atoms with Gasteiger partial charge in [0.25, 0.3) is 5.52 Å². The van der Waals surface area contributed by atoms with E-state index in [0.29, 0.717) is 0 Å². The number of ether oxygens (including phenoxy) is 1. The maximum Gasteiger partial charge on any atom is 0.374 e. The van der Waals surface area contributed by atoms with Crippen molar-refractivity contribution in [3.05, 3.63) is 65.6 Å². The largest absolute Gasteiger partial charge is 0.437 e. The van der Waals surface area contributed by atoms with Crippen molar-refractivity contribution in [2.45, 2.75) is 13.3 Å². The van der Waals surface area contributed by atoms with E-state index in [-0.39, 0.29) is 0 Å². The van der Waals surface area contributed by atoms with E-state index in [1.807, 2.05) is 47.8 Å². The number of hydrogen-bond donors (Lipinski definition) is 0. The summed E-state index contributed by atoms with van der Waals surface area (Å²) in [5.41, 5.74) is 3.94. The van der Waals surface area contributed by atoms with Gasteiger partial charge >= 0.3 is 5.89 Å². The van der Waals surface area contributed by atoms with Crippen molar-refractivity contribution in [1.29, 1.82) is 0 Å². The Labute approximate surface area is 202 Å². The van der Waals surface area contributed by atoms with Crippen LogP contribution in [0.15, 0.2) is 64.1 Å². The lowest BCUT2D eigenvalue weighted by Gasteiger charge is -2.11. The van der Waals surface area contributed by atoms with Crippen molar-refractivity contribution in [3.63, 3.8) is 0 Å². The quantitative estimate of drug-likeness (QED) is 0.276. The van der Waals surface area contributed by atoms with Gasteiger partial charge in [-0.25, -0.2) is 0 Å². The Morgan fingerprint density at radius 2 is 1.76 bits per heavy atom. The molecule has 4 rings (SSSR count). The SMILES string of the molecule is CCC(=Cc1oc2c(Br)cc(Br)cc2[n+]1C)C=C1Oc2c(Br)cc(Br)cc2N1C. The number of nitrogens with zero attached hydrogens (tertiary/aromatic N) is 2. The summed E-state index contributed by atoms with van der Waals surface area (Å²) >= 11 is 14.2. The van der Waals surface area contributed by atoms with E-state index in [2.05, 4.69) is 82.8 Å². The Bertz CT molecular complexity index is 1200. The second-order valence-corrected chi connectivity index (χ2v) is 10.2. The van der Waals surface area contributed by atoms with Gasteiger partial charge in [-0.05, 0) is 62.1 Å². The molecule has 1 aliphatic heterocycles. The van der Waals surface area contributed by atoms with Crippen LogP contribution in [0.3, 0.4) is 0 Å². The number of oxazole rings is 1. The first-order valence-electron chi connectivity index (χ1n) is 8.89. The molecular formula is C21H17Br4N2O2+. The van der Waals surface area contributed by atoms with Crippen LogP contribution in [0.25, 0.3) is 17.2 Å². The first-order valence-corrected chi connectivity index (χ1v) is 12.1.